The molecule has 3 heterocycles. The third-order valence-electron chi connectivity index (χ3n) is 7.70. The Morgan fingerprint density at radius 3 is 2.31 bits per heavy atom. The second kappa shape index (κ2) is 10.8. The van der Waals surface area contributed by atoms with E-state index in [9.17, 15) is 9.59 Å². The summed E-state index contributed by atoms with van der Waals surface area (Å²) in [5, 5.41) is 9.03. The number of hydrogen-bond acceptors (Lipinski definition) is 5. The summed E-state index contributed by atoms with van der Waals surface area (Å²) in [5.41, 5.74) is 3.50. The highest BCUT2D eigenvalue weighted by molar-refractivity contribution is 5.94. The number of hydrogen-bond donors (Lipinski definition) is 0. The van der Waals surface area contributed by atoms with Crippen LogP contribution in [-0.2, 0) is 22.7 Å². The molecule has 8 nitrogen and oxygen atoms in total. The zero-order chi connectivity index (χ0) is 25.1. The molecular weight excluding hydrogens is 452 g/mol. The molecule has 2 aliphatic heterocycles. The number of aromatic nitrogens is 3. The molecule has 0 radical (unpaired) electrons. The number of carbonyl (C=O) groups is 2. The van der Waals surface area contributed by atoms with E-state index in [0.717, 1.165) is 54.5 Å². The minimum atomic E-state index is -0.00380. The lowest BCUT2D eigenvalue weighted by Gasteiger charge is -2.43. The summed E-state index contributed by atoms with van der Waals surface area (Å²) < 4.78 is 0. The van der Waals surface area contributed by atoms with Gasteiger partial charge >= 0.3 is 0 Å². The summed E-state index contributed by atoms with van der Waals surface area (Å²) in [6.45, 7) is 6.99. The van der Waals surface area contributed by atoms with E-state index in [1.807, 2.05) is 65.3 Å². The van der Waals surface area contributed by atoms with Crippen molar-refractivity contribution in [3.63, 3.8) is 0 Å². The van der Waals surface area contributed by atoms with E-state index >= 15 is 0 Å². The van der Waals surface area contributed by atoms with Crippen molar-refractivity contribution < 1.29 is 9.59 Å². The van der Waals surface area contributed by atoms with Gasteiger partial charge in [-0.05, 0) is 49.6 Å². The first-order valence-corrected chi connectivity index (χ1v) is 13.3. The van der Waals surface area contributed by atoms with E-state index in [0.29, 0.717) is 38.1 Å². The van der Waals surface area contributed by atoms with Crippen LogP contribution in [0.5, 0.6) is 0 Å². The Morgan fingerprint density at radius 1 is 0.889 bits per heavy atom. The number of benzene rings is 2. The number of para-hydroxylation sites is 1. The number of piperidine rings is 1. The summed E-state index contributed by atoms with van der Waals surface area (Å²) in [6, 6.07) is 16.4. The molecule has 3 aromatic rings. The molecule has 2 unspecified atom stereocenters. The number of fused-ring (bicyclic) bond motifs is 4. The van der Waals surface area contributed by atoms with Crippen molar-refractivity contribution in [1.82, 2.24) is 24.8 Å². The molecule has 0 aliphatic carbocycles. The first-order valence-electron chi connectivity index (χ1n) is 13.3. The fourth-order valence-corrected chi connectivity index (χ4v) is 5.91. The van der Waals surface area contributed by atoms with Gasteiger partial charge in [0.25, 0.3) is 0 Å². The van der Waals surface area contributed by atoms with Gasteiger partial charge in [0, 0.05) is 43.8 Å². The number of amides is 2. The van der Waals surface area contributed by atoms with E-state index in [2.05, 4.69) is 22.0 Å². The zero-order valence-electron chi connectivity index (χ0n) is 21.3. The third-order valence-corrected chi connectivity index (χ3v) is 7.70. The van der Waals surface area contributed by atoms with Crippen molar-refractivity contribution >= 4 is 28.5 Å². The summed E-state index contributed by atoms with van der Waals surface area (Å²) in [7, 11) is 0. The van der Waals surface area contributed by atoms with Crippen molar-refractivity contribution in [2.75, 3.05) is 24.5 Å². The lowest BCUT2D eigenvalue weighted by atomic mass is 9.93. The van der Waals surface area contributed by atoms with E-state index in [4.69, 9.17) is 0 Å². The van der Waals surface area contributed by atoms with Crippen LogP contribution >= 0.6 is 0 Å². The molecule has 2 bridgehead atoms. The van der Waals surface area contributed by atoms with Gasteiger partial charge < -0.3 is 9.80 Å². The van der Waals surface area contributed by atoms with Gasteiger partial charge in [0.2, 0.25) is 11.8 Å². The second-order valence-corrected chi connectivity index (χ2v) is 9.88. The van der Waals surface area contributed by atoms with Gasteiger partial charge in [-0.1, -0.05) is 50.6 Å². The summed E-state index contributed by atoms with van der Waals surface area (Å²) >= 11 is 0. The maximum Gasteiger partial charge on any atom is 0.246 e. The number of carbonyl (C=O) groups excluding carboxylic acids is 2. The average Bonchev–Trinajstić information content (AvgIpc) is 3.30. The fourth-order valence-electron chi connectivity index (χ4n) is 5.91. The smallest absolute Gasteiger partial charge is 0.246 e. The molecule has 2 aliphatic rings. The molecular formula is C28H36N6O2. The van der Waals surface area contributed by atoms with Crippen LogP contribution in [0.4, 0.5) is 5.69 Å². The molecule has 1 aromatic heterocycles. The van der Waals surface area contributed by atoms with E-state index in [1.165, 1.54) is 4.80 Å². The maximum absolute atomic E-state index is 13.8. The highest BCUT2D eigenvalue weighted by atomic mass is 16.2. The molecule has 5 rings (SSSR count). The SMILES string of the molecule is CCC(=O)N1CCC2CCCC(CN(C(=O)Cn3nc4ccccc4n3)Cc3ccccc31)N2CC. The minimum Gasteiger partial charge on any atom is -0.335 e. The van der Waals surface area contributed by atoms with Crippen LogP contribution in [0, 0.1) is 0 Å². The Morgan fingerprint density at radius 2 is 1.58 bits per heavy atom. The molecule has 0 spiro atoms. The van der Waals surface area contributed by atoms with Crippen molar-refractivity contribution in [1.29, 1.82) is 0 Å². The Bertz CT molecular complexity index is 1190. The standard InChI is InChI=1S/C28H36N6O2/c1-3-27(35)33-17-16-22-11-9-12-23(32(22)4-2)19-31(18-21-10-5-8-15-26(21)33)28(36)20-34-29-24-13-6-7-14-25(24)30-34/h5-8,10,13-15,22-23H,3-4,9,11-12,16-20H2,1-2H3. The van der Waals surface area contributed by atoms with Gasteiger partial charge in [-0.25, -0.2) is 0 Å². The molecule has 190 valence electrons. The number of likely N-dealkylation sites (N-methyl/N-ethyl adjacent to an activating group) is 1. The van der Waals surface area contributed by atoms with Crippen LogP contribution in [0.25, 0.3) is 11.0 Å². The van der Waals surface area contributed by atoms with Crippen molar-refractivity contribution in [2.45, 2.75) is 71.1 Å². The topological polar surface area (TPSA) is 74.6 Å². The van der Waals surface area contributed by atoms with Gasteiger partial charge in [0.1, 0.15) is 17.6 Å². The molecule has 2 amide bonds. The molecule has 1 fully saturated rings. The van der Waals surface area contributed by atoms with Gasteiger partial charge in [-0.15, -0.1) is 0 Å². The van der Waals surface area contributed by atoms with Gasteiger partial charge in [-0.2, -0.15) is 15.0 Å². The second-order valence-electron chi connectivity index (χ2n) is 9.88. The number of nitrogens with zero attached hydrogens (tertiary/aromatic N) is 6. The highest BCUT2D eigenvalue weighted by Crippen LogP contribution is 2.30. The van der Waals surface area contributed by atoms with Gasteiger partial charge in [-0.3, -0.25) is 14.5 Å². The van der Waals surface area contributed by atoms with Crippen LogP contribution in [0.2, 0.25) is 0 Å². The summed E-state index contributed by atoms with van der Waals surface area (Å²) in [6.07, 6.45) is 4.77. The van der Waals surface area contributed by atoms with Crippen LogP contribution in [0.15, 0.2) is 48.5 Å². The maximum atomic E-state index is 13.8. The lowest BCUT2D eigenvalue weighted by molar-refractivity contribution is -0.134. The van der Waals surface area contributed by atoms with Crippen molar-refractivity contribution in [3.8, 4) is 0 Å². The molecule has 2 atom stereocenters. The first kappa shape index (κ1) is 24.4. The Kier molecular flexibility index (Phi) is 7.32. The largest absolute Gasteiger partial charge is 0.335 e. The molecule has 36 heavy (non-hydrogen) atoms. The normalized spacial score (nSPS) is 21.2. The van der Waals surface area contributed by atoms with E-state index in [1.54, 1.807) is 0 Å². The van der Waals surface area contributed by atoms with Crippen molar-refractivity contribution in [3.05, 3.63) is 54.1 Å². The van der Waals surface area contributed by atoms with Gasteiger partial charge in [0.15, 0.2) is 0 Å². The highest BCUT2D eigenvalue weighted by Gasteiger charge is 2.34. The average molecular weight is 489 g/mol. The number of rotatable bonds is 4. The summed E-state index contributed by atoms with van der Waals surface area (Å²) in [5.74, 6) is 0.123. The van der Waals surface area contributed by atoms with Crippen LogP contribution in [0.1, 0.15) is 51.5 Å². The molecule has 2 aromatic carbocycles. The Labute approximate surface area is 212 Å². The Hall–Kier alpha value is -3.26. The molecule has 0 N–H and O–H groups in total. The quantitative estimate of drug-likeness (QED) is 0.558. The predicted molar refractivity (Wildman–Crippen MR) is 140 cm³/mol. The molecule has 0 saturated carbocycles. The Balaban J connectivity index is 1.50. The van der Waals surface area contributed by atoms with Crippen LogP contribution in [-0.4, -0.2) is 68.3 Å². The monoisotopic (exact) mass is 488 g/mol. The minimum absolute atomic E-state index is 0.00380. The zero-order valence-corrected chi connectivity index (χ0v) is 21.3. The molecule has 8 heteroatoms. The molecule has 1 saturated heterocycles. The van der Waals surface area contributed by atoms with Crippen LogP contribution in [0.3, 0.4) is 0 Å². The van der Waals surface area contributed by atoms with Crippen LogP contribution < -0.4 is 4.90 Å². The number of anilines is 1. The predicted octanol–water partition coefficient (Wildman–Crippen LogP) is 3.85. The third kappa shape index (κ3) is 5.00. The fraction of sp³-hybridized carbons (Fsp3) is 0.500. The van der Waals surface area contributed by atoms with E-state index < -0.39 is 0 Å². The lowest BCUT2D eigenvalue weighted by Crippen LogP contribution is -2.52. The summed E-state index contributed by atoms with van der Waals surface area (Å²) in [4.78, 5) is 34.8. The van der Waals surface area contributed by atoms with E-state index in [-0.39, 0.29) is 18.4 Å². The van der Waals surface area contributed by atoms with Gasteiger partial charge in [0.05, 0.1) is 0 Å². The first-order chi connectivity index (χ1) is 17.6. The van der Waals surface area contributed by atoms with Crippen molar-refractivity contribution in [2.24, 2.45) is 0 Å².